The van der Waals surface area contributed by atoms with Crippen molar-refractivity contribution in [3.63, 3.8) is 0 Å². The summed E-state index contributed by atoms with van der Waals surface area (Å²) in [6, 6.07) is 0. The van der Waals surface area contributed by atoms with Gasteiger partial charge in [-0.3, -0.25) is 4.79 Å². The van der Waals surface area contributed by atoms with Gasteiger partial charge in [0, 0.05) is 12.9 Å². The molecule has 0 aliphatic carbocycles. The first-order valence-corrected chi connectivity index (χ1v) is 7.75. The molecule has 0 fully saturated rings. The molecule has 0 spiro atoms. The minimum absolute atomic E-state index is 0.147. The van der Waals surface area contributed by atoms with Crippen LogP contribution in [0.1, 0.15) is 33.6 Å². The Morgan fingerprint density at radius 3 is 2.61 bits per heavy atom. The monoisotopic (exact) mass is 277 g/mol. The molecule has 0 amide bonds. The van der Waals surface area contributed by atoms with E-state index in [-0.39, 0.29) is 5.97 Å². The average Bonchev–Trinajstić information content (AvgIpc) is 2.36. The summed E-state index contributed by atoms with van der Waals surface area (Å²) in [5.74, 6) is 1.74. The van der Waals surface area contributed by atoms with Crippen LogP contribution < -0.4 is 5.32 Å². The molecule has 0 radical (unpaired) electrons. The maximum absolute atomic E-state index is 12.0. The van der Waals surface area contributed by atoms with Gasteiger partial charge >= 0.3 is 5.97 Å². The number of methoxy groups -OCH3 is 1. The van der Waals surface area contributed by atoms with Gasteiger partial charge in [0.05, 0.1) is 13.2 Å². The van der Waals surface area contributed by atoms with Gasteiger partial charge in [-0.15, -0.1) is 0 Å². The van der Waals surface area contributed by atoms with E-state index >= 15 is 0 Å². The first kappa shape index (κ1) is 17.7. The normalized spacial score (nSPS) is 14.2. The van der Waals surface area contributed by atoms with Crippen LogP contribution in [-0.4, -0.2) is 49.9 Å². The van der Waals surface area contributed by atoms with E-state index in [9.17, 15) is 4.79 Å². The maximum Gasteiger partial charge on any atom is 0.326 e. The quantitative estimate of drug-likeness (QED) is 0.463. The first-order chi connectivity index (χ1) is 8.60. The smallest absolute Gasteiger partial charge is 0.326 e. The Kier molecular flexibility index (Phi) is 10.5. The standard InChI is InChI=1S/C13H27NO3S/c1-5-8-14-13(3,12(15)17-6-2)7-10-18-11-9-16-4/h14H,5-11H2,1-4H3. The second kappa shape index (κ2) is 10.6. The number of esters is 1. The van der Waals surface area contributed by atoms with Gasteiger partial charge in [0.2, 0.25) is 0 Å². The van der Waals surface area contributed by atoms with E-state index in [1.807, 2.05) is 13.8 Å². The lowest BCUT2D eigenvalue weighted by atomic mass is 9.99. The fourth-order valence-corrected chi connectivity index (χ4v) is 2.52. The van der Waals surface area contributed by atoms with Gasteiger partial charge in [-0.1, -0.05) is 6.92 Å². The third kappa shape index (κ3) is 7.24. The molecule has 0 aromatic heterocycles. The number of rotatable bonds is 11. The van der Waals surface area contributed by atoms with Crippen molar-refractivity contribution >= 4 is 17.7 Å². The van der Waals surface area contributed by atoms with E-state index < -0.39 is 5.54 Å². The van der Waals surface area contributed by atoms with Crippen LogP contribution in [0.15, 0.2) is 0 Å². The van der Waals surface area contributed by atoms with Crippen LogP contribution in [0.25, 0.3) is 0 Å². The number of hydrogen-bond donors (Lipinski definition) is 1. The number of thioether (sulfide) groups is 1. The molecule has 1 N–H and O–H groups in total. The van der Waals surface area contributed by atoms with Crippen molar-refractivity contribution in [1.82, 2.24) is 5.32 Å². The van der Waals surface area contributed by atoms with Crippen molar-refractivity contribution in [3.8, 4) is 0 Å². The van der Waals surface area contributed by atoms with Crippen LogP contribution >= 0.6 is 11.8 Å². The number of carbonyl (C=O) groups is 1. The highest BCUT2D eigenvalue weighted by atomic mass is 32.2. The Hall–Kier alpha value is -0.260. The molecule has 18 heavy (non-hydrogen) atoms. The Morgan fingerprint density at radius 2 is 2.06 bits per heavy atom. The third-order valence-corrected chi connectivity index (χ3v) is 3.62. The molecular formula is C13H27NO3S. The molecule has 0 saturated carbocycles. The number of nitrogens with one attached hydrogen (secondary N) is 1. The predicted octanol–water partition coefficient (Wildman–Crippen LogP) is 2.08. The second-order valence-corrected chi connectivity index (χ2v) is 5.56. The van der Waals surface area contributed by atoms with E-state index in [0.29, 0.717) is 6.61 Å². The van der Waals surface area contributed by atoms with Gasteiger partial charge in [-0.05, 0) is 39.0 Å². The van der Waals surface area contributed by atoms with Crippen LogP contribution in [0.4, 0.5) is 0 Å². The minimum Gasteiger partial charge on any atom is -0.465 e. The molecule has 0 aliphatic rings. The summed E-state index contributed by atoms with van der Waals surface area (Å²) < 4.78 is 10.1. The summed E-state index contributed by atoms with van der Waals surface area (Å²) in [6.07, 6.45) is 1.78. The maximum atomic E-state index is 12.0. The summed E-state index contributed by atoms with van der Waals surface area (Å²) in [5.41, 5.74) is -0.563. The Morgan fingerprint density at radius 1 is 1.33 bits per heavy atom. The Balaban J connectivity index is 4.15. The number of carbonyl (C=O) groups excluding carboxylic acids is 1. The molecular weight excluding hydrogens is 250 g/mol. The van der Waals surface area contributed by atoms with Crippen molar-refractivity contribution in [3.05, 3.63) is 0 Å². The molecule has 0 heterocycles. The van der Waals surface area contributed by atoms with Crippen molar-refractivity contribution in [2.75, 3.05) is 38.4 Å². The Labute approximate surface area is 115 Å². The number of hydrogen-bond acceptors (Lipinski definition) is 5. The molecule has 0 aromatic rings. The van der Waals surface area contributed by atoms with Gasteiger partial charge in [0.25, 0.3) is 0 Å². The molecule has 1 unspecified atom stereocenters. The van der Waals surface area contributed by atoms with Gasteiger partial charge in [-0.2, -0.15) is 11.8 Å². The highest BCUT2D eigenvalue weighted by molar-refractivity contribution is 7.99. The molecule has 5 heteroatoms. The predicted molar refractivity (Wildman–Crippen MR) is 77.1 cm³/mol. The van der Waals surface area contributed by atoms with E-state index in [2.05, 4.69) is 12.2 Å². The second-order valence-electron chi connectivity index (χ2n) is 4.33. The van der Waals surface area contributed by atoms with Crippen LogP contribution in [0.3, 0.4) is 0 Å². The molecule has 0 rings (SSSR count). The average molecular weight is 277 g/mol. The van der Waals surface area contributed by atoms with E-state index in [0.717, 1.165) is 37.5 Å². The Bertz CT molecular complexity index is 226. The van der Waals surface area contributed by atoms with Crippen molar-refractivity contribution in [2.24, 2.45) is 0 Å². The molecule has 0 saturated heterocycles. The zero-order valence-electron chi connectivity index (χ0n) is 12.1. The molecule has 0 bridgehead atoms. The molecule has 0 aromatic carbocycles. The zero-order chi connectivity index (χ0) is 13.9. The third-order valence-electron chi connectivity index (χ3n) is 2.67. The summed E-state index contributed by atoms with van der Waals surface area (Å²) in [7, 11) is 1.70. The van der Waals surface area contributed by atoms with Crippen LogP contribution in [0.2, 0.25) is 0 Å². The van der Waals surface area contributed by atoms with Gasteiger partial charge in [-0.25, -0.2) is 0 Å². The molecule has 4 nitrogen and oxygen atoms in total. The topological polar surface area (TPSA) is 47.6 Å². The van der Waals surface area contributed by atoms with Crippen molar-refractivity contribution in [2.45, 2.75) is 39.2 Å². The zero-order valence-corrected chi connectivity index (χ0v) is 12.9. The van der Waals surface area contributed by atoms with Gasteiger partial charge < -0.3 is 14.8 Å². The van der Waals surface area contributed by atoms with Crippen LogP contribution in [0.5, 0.6) is 0 Å². The highest BCUT2D eigenvalue weighted by Gasteiger charge is 2.33. The van der Waals surface area contributed by atoms with E-state index in [1.165, 1.54) is 0 Å². The van der Waals surface area contributed by atoms with Crippen LogP contribution in [0, 0.1) is 0 Å². The summed E-state index contributed by atoms with van der Waals surface area (Å²) in [5, 5.41) is 3.30. The number of ether oxygens (including phenoxy) is 2. The SMILES string of the molecule is CCCNC(C)(CCSCCOC)C(=O)OCC. The first-order valence-electron chi connectivity index (χ1n) is 6.59. The van der Waals surface area contributed by atoms with Crippen LogP contribution in [-0.2, 0) is 14.3 Å². The van der Waals surface area contributed by atoms with Crippen molar-refractivity contribution < 1.29 is 14.3 Å². The largest absolute Gasteiger partial charge is 0.465 e. The van der Waals surface area contributed by atoms with Gasteiger partial charge in [0.1, 0.15) is 5.54 Å². The minimum atomic E-state index is -0.563. The summed E-state index contributed by atoms with van der Waals surface area (Å²) >= 11 is 1.80. The molecule has 108 valence electrons. The molecule has 0 aliphatic heterocycles. The lowest BCUT2D eigenvalue weighted by Crippen LogP contribution is -2.51. The lowest BCUT2D eigenvalue weighted by molar-refractivity contribution is -0.150. The van der Waals surface area contributed by atoms with E-state index in [4.69, 9.17) is 9.47 Å². The fourth-order valence-electron chi connectivity index (χ4n) is 1.47. The fraction of sp³-hybridized carbons (Fsp3) is 0.923. The van der Waals surface area contributed by atoms with Gasteiger partial charge in [0.15, 0.2) is 0 Å². The van der Waals surface area contributed by atoms with E-state index in [1.54, 1.807) is 18.9 Å². The van der Waals surface area contributed by atoms with Crippen molar-refractivity contribution in [1.29, 1.82) is 0 Å². The highest BCUT2D eigenvalue weighted by Crippen LogP contribution is 2.16. The summed E-state index contributed by atoms with van der Waals surface area (Å²) in [6.45, 7) is 7.87. The molecule has 1 atom stereocenters. The summed E-state index contributed by atoms with van der Waals surface area (Å²) in [4.78, 5) is 12.0. The lowest BCUT2D eigenvalue weighted by Gasteiger charge is -2.28.